The van der Waals surface area contributed by atoms with Gasteiger partial charge in [-0.1, -0.05) is 18.7 Å². The number of amidine groups is 1. The number of hydrogen-bond donors (Lipinski definition) is 1. The standard InChI is InChI=1S/C15H19N3O2S/c1-4-5-20-12-6-10(2)13(11(3)7-12)8-16-18-15-17-14(19)9-21-15/h6-8H,4-5,9H2,1-3H3,(H,17,18,19). The van der Waals surface area contributed by atoms with Gasteiger partial charge in [-0.05, 0) is 43.5 Å². The molecule has 0 bridgehead atoms. The van der Waals surface area contributed by atoms with Gasteiger partial charge in [0.05, 0.1) is 18.6 Å². The Kier molecular flexibility index (Phi) is 5.38. The molecule has 112 valence electrons. The molecule has 0 atom stereocenters. The molecule has 1 aliphatic rings. The number of nitrogens with zero attached hydrogens (tertiary/aromatic N) is 2. The van der Waals surface area contributed by atoms with E-state index in [-0.39, 0.29) is 5.91 Å². The van der Waals surface area contributed by atoms with E-state index in [9.17, 15) is 4.79 Å². The average Bonchev–Trinajstić information content (AvgIpc) is 2.85. The molecule has 1 heterocycles. The fourth-order valence-corrected chi connectivity index (χ4v) is 2.59. The molecule has 1 saturated heterocycles. The molecular weight excluding hydrogens is 286 g/mol. The number of carbonyl (C=O) groups excluding carboxylic acids is 1. The topological polar surface area (TPSA) is 63.1 Å². The number of carbonyl (C=O) groups is 1. The average molecular weight is 305 g/mol. The van der Waals surface area contributed by atoms with Crippen molar-refractivity contribution >= 4 is 29.1 Å². The summed E-state index contributed by atoms with van der Waals surface area (Å²) < 4.78 is 5.65. The summed E-state index contributed by atoms with van der Waals surface area (Å²) in [5, 5.41) is 11.3. The van der Waals surface area contributed by atoms with Crippen LogP contribution in [0.15, 0.2) is 22.3 Å². The fraction of sp³-hybridized carbons (Fsp3) is 0.400. The third-order valence-corrected chi connectivity index (χ3v) is 3.83. The van der Waals surface area contributed by atoms with Gasteiger partial charge in [0.25, 0.3) is 0 Å². The zero-order valence-electron chi connectivity index (χ0n) is 12.5. The van der Waals surface area contributed by atoms with Gasteiger partial charge in [0, 0.05) is 5.56 Å². The van der Waals surface area contributed by atoms with E-state index in [1.165, 1.54) is 11.8 Å². The van der Waals surface area contributed by atoms with Crippen molar-refractivity contribution in [2.24, 2.45) is 10.2 Å². The van der Waals surface area contributed by atoms with E-state index in [0.717, 1.165) is 35.5 Å². The van der Waals surface area contributed by atoms with Crippen molar-refractivity contribution in [2.75, 3.05) is 12.4 Å². The van der Waals surface area contributed by atoms with Crippen molar-refractivity contribution in [3.63, 3.8) is 0 Å². The summed E-state index contributed by atoms with van der Waals surface area (Å²) in [6.07, 6.45) is 2.70. The number of ether oxygens (including phenoxy) is 1. The summed E-state index contributed by atoms with van der Waals surface area (Å²) in [4.78, 5) is 11.0. The second-order valence-corrected chi connectivity index (χ2v) is 5.77. The van der Waals surface area contributed by atoms with Crippen LogP contribution in [0.5, 0.6) is 5.75 Å². The molecule has 21 heavy (non-hydrogen) atoms. The molecule has 0 radical (unpaired) electrons. The Labute approximate surface area is 128 Å². The van der Waals surface area contributed by atoms with Gasteiger partial charge in [-0.2, -0.15) is 5.10 Å². The molecule has 0 unspecified atom stereocenters. The van der Waals surface area contributed by atoms with Crippen LogP contribution in [0.25, 0.3) is 0 Å². The van der Waals surface area contributed by atoms with E-state index in [1.54, 1.807) is 6.21 Å². The van der Waals surface area contributed by atoms with Crippen LogP contribution in [0.2, 0.25) is 0 Å². The number of nitrogens with one attached hydrogen (secondary N) is 1. The lowest BCUT2D eigenvalue weighted by molar-refractivity contribution is -0.116. The van der Waals surface area contributed by atoms with Crippen molar-refractivity contribution < 1.29 is 9.53 Å². The van der Waals surface area contributed by atoms with Crippen LogP contribution in [0.3, 0.4) is 0 Å². The highest BCUT2D eigenvalue weighted by Crippen LogP contribution is 2.21. The van der Waals surface area contributed by atoms with Crippen LogP contribution in [0.4, 0.5) is 0 Å². The summed E-state index contributed by atoms with van der Waals surface area (Å²) in [7, 11) is 0. The number of benzene rings is 1. The summed E-state index contributed by atoms with van der Waals surface area (Å²) in [6.45, 7) is 6.84. The van der Waals surface area contributed by atoms with Crippen LogP contribution in [-0.2, 0) is 4.79 Å². The third kappa shape index (κ3) is 4.32. The van der Waals surface area contributed by atoms with Gasteiger partial charge in [-0.3, -0.25) is 4.79 Å². The first-order valence-corrected chi connectivity index (χ1v) is 7.86. The second-order valence-electron chi connectivity index (χ2n) is 4.81. The predicted molar refractivity (Wildman–Crippen MR) is 87.3 cm³/mol. The van der Waals surface area contributed by atoms with Crippen molar-refractivity contribution in [1.29, 1.82) is 0 Å². The summed E-state index contributed by atoms with van der Waals surface area (Å²) in [5.74, 6) is 1.27. The van der Waals surface area contributed by atoms with E-state index in [2.05, 4.69) is 22.4 Å². The van der Waals surface area contributed by atoms with E-state index in [4.69, 9.17) is 4.74 Å². The van der Waals surface area contributed by atoms with Gasteiger partial charge in [0.2, 0.25) is 5.91 Å². The fourth-order valence-electron chi connectivity index (χ4n) is 1.96. The minimum atomic E-state index is -0.0289. The van der Waals surface area contributed by atoms with Gasteiger partial charge < -0.3 is 10.1 Å². The molecule has 0 aromatic heterocycles. The molecule has 0 spiro atoms. The Bertz CT molecular complexity index is 574. The zero-order chi connectivity index (χ0) is 15.2. The maximum absolute atomic E-state index is 11.0. The number of aryl methyl sites for hydroxylation is 2. The number of hydrogen-bond acceptors (Lipinski definition) is 5. The molecule has 0 aliphatic carbocycles. The third-order valence-electron chi connectivity index (χ3n) is 2.96. The highest BCUT2D eigenvalue weighted by molar-refractivity contribution is 8.15. The number of rotatable bonds is 5. The van der Waals surface area contributed by atoms with E-state index < -0.39 is 0 Å². The lowest BCUT2D eigenvalue weighted by Crippen LogP contribution is -2.19. The zero-order valence-corrected chi connectivity index (χ0v) is 13.3. The maximum atomic E-state index is 11.0. The molecule has 2 rings (SSSR count). The summed E-state index contributed by atoms with van der Waals surface area (Å²) in [6, 6.07) is 4.01. The molecule has 1 N–H and O–H groups in total. The molecule has 1 aromatic carbocycles. The first-order valence-electron chi connectivity index (χ1n) is 6.88. The van der Waals surface area contributed by atoms with Crippen molar-refractivity contribution in [3.05, 3.63) is 28.8 Å². The lowest BCUT2D eigenvalue weighted by Gasteiger charge is -2.10. The maximum Gasteiger partial charge on any atom is 0.236 e. The number of thioether (sulfide) groups is 1. The summed E-state index contributed by atoms with van der Waals surface area (Å²) >= 11 is 1.36. The molecule has 1 fully saturated rings. The molecule has 1 aliphatic heterocycles. The largest absolute Gasteiger partial charge is 0.494 e. The predicted octanol–water partition coefficient (Wildman–Crippen LogP) is 2.65. The van der Waals surface area contributed by atoms with Gasteiger partial charge in [-0.15, -0.1) is 5.10 Å². The number of amides is 1. The van der Waals surface area contributed by atoms with Crippen molar-refractivity contribution in [1.82, 2.24) is 5.32 Å². The SMILES string of the molecule is CCCOc1cc(C)c(C=NN=C2NC(=O)CS2)c(C)c1. The van der Waals surface area contributed by atoms with Gasteiger partial charge in [0.15, 0.2) is 5.17 Å². The minimum absolute atomic E-state index is 0.0289. The van der Waals surface area contributed by atoms with Gasteiger partial charge >= 0.3 is 0 Å². The Morgan fingerprint density at radius 1 is 1.38 bits per heavy atom. The van der Waals surface area contributed by atoms with Crippen molar-refractivity contribution in [2.45, 2.75) is 27.2 Å². The Hall–Kier alpha value is -1.82. The van der Waals surface area contributed by atoms with Crippen LogP contribution in [0.1, 0.15) is 30.0 Å². The van der Waals surface area contributed by atoms with Crippen molar-refractivity contribution in [3.8, 4) is 5.75 Å². The van der Waals surface area contributed by atoms with Crippen LogP contribution < -0.4 is 10.1 Å². The van der Waals surface area contributed by atoms with Crippen LogP contribution in [0, 0.1) is 13.8 Å². The van der Waals surface area contributed by atoms with Crippen LogP contribution >= 0.6 is 11.8 Å². The molecule has 1 amide bonds. The first kappa shape index (κ1) is 15.6. The van der Waals surface area contributed by atoms with E-state index in [1.807, 2.05) is 26.0 Å². The molecule has 5 nitrogen and oxygen atoms in total. The first-order chi connectivity index (χ1) is 10.1. The van der Waals surface area contributed by atoms with Gasteiger partial charge in [0.1, 0.15) is 5.75 Å². The summed E-state index contributed by atoms with van der Waals surface area (Å²) in [5.41, 5.74) is 3.21. The molecular formula is C15H19N3O2S. The highest BCUT2D eigenvalue weighted by Gasteiger charge is 2.15. The van der Waals surface area contributed by atoms with E-state index in [0.29, 0.717) is 10.9 Å². The second kappa shape index (κ2) is 7.26. The molecule has 6 heteroatoms. The van der Waals surface area contributed by atoms with E-state index >= 15 is 0 Å². The normalized spacial score (nSPS) is 16.7. The quantitative estimate of drug-likeness (QED) is 0.672. The monoisotopic (exact) mass is 305 g/mol. The Morgan fingerprint density at radius 3 is 2.67 bits per heavy atom. The molecule has 0 saturated carbocycles. The minimum Gasteiger partial charge on any atom is -0.494 e. The highest BCUT2D eigenvalue weighted by atomic mass is 32.2. The lowest BCUT2D eigenvalue weighted by atomic mass is 10.0. The smallest absolute Gasteiger partial charge is 0.236 e. The molecule has 1 aromatic rings. The Balaban J connectivity index is 2.11. The van der Waals surface area contributed by atoms with Crippen LogP contribution in [-0.4, -0.2) is 29.6 Å². The Morgan fingerprint density at radius 2 is 2.10 bits per heavy atom. The van der Waals surface area contributed by atoms with Gasteiger partial charge in [-0.25, -0.2) is 0 Å².